The van der Waals surface area contributed by atoms with Gasteiger partial charge in [-0.15, -0.1) is 0 Å². The molecule has 2 heterocycles. The lowest BCUT2D eigenvalue weighted by Crippen LogP contribution is -2.08. The minimum Gasteiger partial charge on any atom is -0.457 e. The first-order valence-corrected chi connectivity index (χ1v) is 6.97. The molecule has 0 saturated carbocycles. The van der Waals surface area contributed by atoms with E-state index in [0.29, 0.717) is 11.8 Å². The van der Waals surface area contributed by atoms with Gasteiger partial charge in [-0.1, -0.05) is 29.8 Å². The fourth-order valence-corrected chi connectivity index (χ4v) is 3.41. The maximum atomic E-state index is 6.16. The topological polar surface area (TPSA) is 21.3 Å². The average molecular weight is 272 g/mol. The summed E-state index contributed by atoms with van der Waals surface area (Å²) in [6.07, 6.45) is 0. The summed E-state index contributed by atoms with van der Waals surface area (Å²) in [4.78, 5) is 0. The molecule has 19 heavy (non-hydrogen) atoms. The highest BCUT2D eigenvalue weighted by Crippen LogP contribution is 2.48. The Hall–Kier alpha value is -1.51. The smallest absolute Gasteiger partial charge is 0.131 e. The first kappa shape index (κ1) is 11.3. The van der Waals surface area contributed by atoms with Gasteiger partial charge in [0.1, 0.15) is 11.5 Å². The van der Waals surface area contributed by atoms with Crippen molar-refractivity contribution in [2.45, 2.75) is 11.8 Å². The minimum absolute atomic E-state index is 0.442. The van der Waals surface area contributed by atoms with Crippen molar-refractivity contribution in [3.05, 3.63) is 58.6 Å². The molecule has 0 aromatic heterocycles. The summed E-state index contributed by atoms with van der Waals surface area (Å²) in [6, 6.07) is 14.3. The van der Waals surface area contributed by atoms with Gasteiger partial charge in [0.25, 0.3) is 0 Å². The van der Waals surface area contributed by atoms with Crippen molar-refractivity contribution < 1.29 is 4.74 Å². The van der Waals surface area contributed by atoms with Gasteiger partial charge in [0, 0.05) is 35.5 Å². The Bertz CT molecular complexity index is 640. The van der Waals surface area contributed by atoms with Gasteiger partial charge in [-0.2, -0.15) is 0 Å². The Labute approximate surface area is 117 Å². The molecule has 1 saturated heterocycles. The largest absolute Gasteiger partial charge is 0.457 e. The summed E-state index contributed by atoms with van der Waals surface area (Å²) >= 11 is 6.16. The number of para-hydroxylation sites is 1. The van der Waals surface area contributed by atoms with Gasteiger partial charge in [-0.3, -0.25) is 0 Å². The maximum absolute atomic E-state index is 6.16. The third kappa shape index (κ3) is 1.75. The Morgan fingerprint density at radius 3 is 2.58 bits per heavy atom. The molecular formula is C16H14ClNO. The van der Waals surface area contributed by atoms with E-state index in [-0.39, 0.29) is 0 Å². The van der Waals surface area contributed by atoms with Crippen LogP contribution in [-0.4, -0.2) is 13.1 Å². The average Bonchev–Trinajstić information content (AvgIpc) is 2.86. The molecule has 0 amide bonds. The normalized spacial score (nSPS) is 23.8. The number of benzene rings is 2. The van der Waals surface area contributed by atoms with Crippen molar-refractivity contribution in [2.75, 3.05) is 13.1 Å². The summed E-state index contributed by atoms with van der Waals surface area (Å²) in [5.74, 6) is 2.82. The monoisotopic (exact) mass is 271 g/mol. The van der Waals surface area contributed by atoms with E-state index in [4.69, 9.17) is 16.3 Å². The predicted molar refractivity (Wildman–Crippen MR) is 76.3 cm³/mol. The molecule has 2 atom stereocenters. The summed E-state index contributed by atoms with van der Waals surface area (Å²) < 4.78 is 6.11. The van der Waals surface area contributed by atoms with Crippen molar-refractivity contribution in [1.82, 2.24) is 5.32 Å². The van der Waals surface area contributed by atoms with Crippen LogP contribution in [-0.2, 0) is 0 Å². The van der Waals surface area contributed by atoms with Gasteiger partial charge in [-0.25, -0.2) is 0 Å². The van der Waals surface area contributed by atoms with Crippen molar-refractivity contribution in [3.8, 4) is 11.5 Å². The molecule has 0 radical (unpaired) electrons. The second-order valence-electron chi connectivity index (χ2n) is 5.19. The van der Waals surface area contributed by atoms with E-state index in [1.165, 1.54) is 11.1 Å². The molecule has 2 aliphatic heterocycles. The molecule has 4 rings (SSSR count). The SMILES string of the molecule is Clc1ccc2c(c1)C1CNCC1c1ccccc1O2. The predicted octanol–water partition coefficient (Wildman–Crippen LogP) is 3.92. The molecule has 2 nitrogen and oxygen atoms in total. The Morgan fingerprint density at radius 2 is 1.68 bits per heavy atom. The molecule has 0 bridgehead atoms. The molecule has 1 fully saturated rings. The van der Waals surface area contributed by atoms with E-state index in [1.54, 1.807) is 0 Å². The third-order valence-corrected chi connectivity index (χ3v) is 4.36. The number of rotatable bonds is 0. The summed E-state index contributed by atoms with van der Waals surface area (Å²) in [7, 11) is 0. The Morgan fingerprint density at radius 1 is 0.947 bits per heavy atom. The molecular weight excluding hydrogens is 258 g/mol. The van der Waals surface area contributed by atoms with Crippen LogP contribution in [0.5, 0.6) is 11.5 Å². The van der Waals surface area contributed by atoms with Gasteiger partial charge in [0.2, 0.25) is 0 Å². The molecule has 2 aromatic carbocycles. The zero-order valence-electron chi connectivity index (χ0n) is 10.4. The summed E-state index contributed by atoms with van der Waals surface area (Å²) in [5, 5.41) is 4.27. The molecule has 2 unspecified atom stereocenters. The molecule has 3 heteroatoms. The van der Waals surface area contributed by atoms with Crippen molar-refractivity contribution in [3.63, 3.8) is 0 Å². The van der Waals surface area contributed by atoms with Crippen LogP contribution in [0.2, 0.25) is 5.02 Å². The Balaban J connectivity index is 1.94. The van der Waals surface area contributed by atoms with E-state index < -0.39 is 0 Å². The number of ether oxygens (including phenoxy) is 1. The lowest BCUT2D eigenvalue weighted by Gasteiger charge is -2.17. The zero-order valence-corrected chi connectivity index (χ0v) is 11.2. The van der Waals surface area contributed by atoms with Gasteiger partial charge in [0.15, 0.2) is 0 Å². The number of hydrogen-bond acceptors (Lipinski definition) is 2. The highest BCUT2D eigenvalue weighted by atomic mass is 35.5. The van der Waals surface area contributed by atoms with Gasteiger partial charge < -0.3 is 10.1 Å². The third-order valence-electron chi connectivity index (χ3n) is 4.12. The minimum atomic E-state index is 0.442. The molecule has 0 aliphatic carbocycles. The fourth-order valence-electron chi connectivity index (χ4n) is 3.23. The second kappa shape index (κ2) is 4.26. The molecule has 96 valence electrons. The highest BCUT2D eigenvalue weighted by Gasteiger charge is 2.35. The van der Waals surface area contributed by atoms with Gasteiger partial charge >= 0.3 is 0 Å². The van der Waals surface area contributed by atoms with Crippen LogP contribution in [0, 0.1) is 0 Å². The first-order chi connectivity index (χ1) is 9.33. The van der Waals surface area contributed by atoms with Crippen LogP contribution >= 0.6 is 11.6 Å². The summed E-state index contributed by atoms with van der Waals surface area (Å²) in [5.41, 5.74) is 2.52. The standard InChI is InChI=1S/C16H14ClNO/c17-10-5-6-16-12(7-10)14-9-18-8-13(14)11-3-1-2-4-15(11)19-16/h1-7,13-14,18H,8-9H2. The lowest BCUT2D eigenvalue weighted by molar-refractivity contribution is 0.476. The summed E-state index contributed by atoms with van der Waals surface area (Å²) in [6.45, 7) is 1.98. The molecule has 2 aliphatic rings. The number of fused-ring (bicyclic) bond motifs is 5. The van der Waals surface area contributed by atoms with Crippen molar-refractivity contribution >= 4 is 11.6 Å². The fraction of sp³-hybridized carbons (Fsp3) is 0.250. The lowest BCUT2D eigenvalue weighted by atomic mass is 9.84. The maximum Gasteiger partial charge on any atom is 0.131 e. The number of hydrogen-bond donors (Lipinski definition) is 1. The van der Waals surface area contributed by atoms with Crippen molar-refractivity contribution in [1.29, 1.82) is 0 Å². The highest BCUT2D eigenvalue weighted by molar-refractivity contribution is 6.30. The van der Waals surface area contributed by atoms with Crippen LogP contribution in [0.25, 0.3) is 0 Å². The van der Waals surface area contributed by atoms with E-state index in [2.05, 4.69) is 23.5 Å². The second-order valence-corrected chi connectivity index (χ2v) is 5.63. The molecule has 0 spiro atoms. The molecule has 2 aromatic rings. The van der Waals surface area contributed by atoms with Crippen LogP contribution in [0.1, 0.15) is 23.0 Å². The first-order valence-electron chi connectivity index (χ1n) is 6.60. The van der Waals surface area contributed by atoms with E-state index >= 15 is 0 Å². The van der Waals surface area contributed by atoms with Crippen LogP contribution in [0.15, 0.2) is 42.5 Å². The zero-order chi connectivity index (χ0) is 12.8. The molecule has 1 N–H and O–H groups in total. The Kier molecular flexibility index (Phi) is 2.54. The van der Waals surface area contributed by atoms with Gasteiger partial charge in [0.05, 0.1) is 0 Å². The van der Waals surface area contributed by atoms with Crippen LogP contribution < -0.4 is 10.1 Å². The van der Waals surface area contributed by atoms with E-state index in [9.17, 15) is 0 Å². The van der Waals surface area contributed by atoms with Crippen molar-refractivity contribution in [2.24, 2.45) is 0 Å². The van der Waals surface area contributed by atoms with E-state index in [0.717, 1.165) is 29.6 Å². The quantitative estimate of drug-likeness (QED) is 0.784. The van der Waals surface area contributed by atoms with Crippen LogP contribution in [0.4, 0.5) is 0 Å². The number of nitrogens with one attached hydrogen (secondary N) is 1. The van der Waals surface area contributed by atoms with Gasteiger partial charge in [-0.05, 0) is 29.8 Å². The number of halogens is 1. The van der Waals surface area contributed by atoms with Crippen LogP contribution in [0.3, 0.4) is 0 Å². The van der Waals surface area contributed by atoms with E-state index in [1.807, 2.05) is 24.3 Å².